The minimum Gasteiger partial charge on any atom is -0.493 e. The molecule has 0 bridgehead atoms. The van der Waals surface area contributed by atoms with Gasteiger partial charge in [-0.1, -0.05) is 13.0 Å². The van der Waals surface area contributed by atoms with E-state index in [2.05, 4.69) is 15.9 Å². The van der Waals surface area contributed by atoms with Gasteiger partial charge in [-0.3, -0.25) is 0 Å². The number of hydrogen-bond donors (Lipinski definition) is 0. The van der Waals surface area contributed by atoms with Gasteiger partial charge >= 0.3 is 0 Å². The van der Waals surface area contributed by atoms with Crippen LogP contribution in [0.2, 0.25) is 0 Å². The van der Waals surface area contributed by atoms with Gasteiger partial charge in [0.25, 0.3) is 0 Å². The number of halogens is 2. The second-order valence-electron chi connectivity index (χ2n) is 4.55. The van der Waals surface area contributed by atoms with Crippen LogP contribution in [-0.2, 0) is 9.05 Å². The molecule has 1 rings (SSSR count). The van der Waals surface area contributed by atoms with E-state index in [1.807, 2.05) is 25.1 Å². The van der Waals surface area contributed by atoms with Crippen molar-refractivity contribution >= 4 is 35.7 Å². The molecule has 20 heavy (non-hydrogen) atoms. The molecule has 1 unspecified atom stereocenters. The van der Waals surface area contributed by atoms with Crippen LogP contribution >= 0.6 is 26.6 Å². The topological polar surface area (TPSA) is 52.6 Å². The molecule has 0 N–H and O–H groups in total. The fraction of sp³-hybridized carbons (Fsp3) is 0.538. The Morgan fingerprint density at radius 2 is 2.05 bits per heavy atom. The van der Waals surface area contributed by atoms with Crippen LogP contribution in [0, 0.1) is 5.92 Å². The Morgan fingerprint density at radius 1 is 1.35 bits per heavy atom. The van der Waals surface area contributed by atoms with Gasteiger partial charge in [-0.25, -0.2) is 8.42 Å². The zero-order valence-electron chi connectivity index (χ0n) is 11.4. The molecule has 4 nitrogen and oxygen atoms in total. The van der Waals surface area contributed by atoms with Crippen molar-refractivity contribution in [2.75, 3.05) is 19.5 Å². The summed E-state index contributed by atoms with van der Waals surface area (Å²) in [6.07, 6.45) is 1.28. The van der Waals surface area contributed by atoms with E-state index in [1.165, 1.54) is 0 Å². The fourth-order valence-electron chi connectivity index (χ4n) is 1.64. The van der Waals surface area contributed by atoms with Crippen molar-refractivity contribution in [2.45, 2.75) is 19.8 Å². The van der Waals surface area contributed by atoms with Crippen molar-refractivity contribution in [3.63, 3.8) is 0 Å². The summed E-state index contributed by atoms with van der Waals surface area (Å²) in [6.45, 7) is 2.46. The molecule has 1 atom stereocenters. The Kier molecular flexibility index (Phi) is 7.12. The van der Waals surface area contributed by atoms with E-state index < -0.39 is 9.05 Å². The molecule has 114 valence electrons. The van der Waals surface area contributed by atoms with Crippen LogP contribution in [0.15, 0.2) is 22.7 Å². The van der Waals surface area contributed by atoms with Crippen LogP contribution in [0.3, 0.4) is 0 Å². The monoisotopic (exact) mass is 384 g/mol. The summed E-state index contributed by atoms with van der Waals surface area (Å²) >= 11 is 3.41. The first-order valence-corrected chi connectivity index (χ1v) is 9.48. The largest absolute Gasteiger partial charge is 0.493 e. The summed E-state index contributed by atoms with van der Waals surface area (Å²) in [6, 6.07) is 5.56. The molecule has 0 spiro atoms. The van der Waals surface area contributed by atoms with Crippen molar-refractivity contribution in [2.24, 2.45) is 5.92 Å². The van der Waals surface area contributed by atoms with Crippen molar-refractivity contribution in [3.8, 4) is 11.5 Å². The molecule has 0 fully saturated rings. The second-order valence-corrected chi connectivity index (χ2v) is 8.30. The number of hydrogen-bond acceptors (Lipinski definition) is 4. The minimum absolute atomic E-state index is 0.00588. The van der Waals surface area contributed by atoms with Crippen molar-refractivity contribution < 1.29 is 17.9 Å². The van der Waals surface area contributed by atoms with Crippen LogP contribution in [0.4, 0.5) is 0 Å². The van der Waals surface area contributed by atoms with E-state index in [0.717, 1.165) is 10.9 Å². The van der Waals surface area contributed by atoms with Crippen molar-refractivity contribution in [1.29, 1.82) is 0 Å². The predicted octanol–water partition coefficient (Wildman–Crippen LogP) is 3.82. The Balaban J connectivity index is 2.45. The molecular weight excluding hydrogens is 368 g/mol. The van der Waals surface area contributed by atoms with E-state index in [-0.39, 0.29) is 11.7 Å². The molecule has 0 aliphatic rings. The predicted molar refractivity (Wildman–Crippen MR) is 84.2 cm³/mol. The van der Waals surface area contributed by atoms with Gasteiger partial charge in [-0.2, -0.15) is 0 Å². The molecule has 0 heterocycles. The molecule has 0 saturated carbocycles. The summed E-state index contributed by atoms with van der Waals surface area (Å²) in [5.41, 5.74) is 0. The number of methoxy groups -OCH3 is 1. The number of para-hydroxylation sites is 1. The molecular formula is C13H18BrClO4S. The Hall–Kier alpha value is -0.460. The molecule has 0 saturated heterocycles. The maximum atomic E-state index is 10.9. The quantitative estimate of drug-likeness (QED) is 0.638. The van der Waals surface area contributed by atoms with Crippen LogP contribution < -0.4 is 9.47 Å². The van der Waals surface area contributed by atoms with E-state index in [9.17, 15) is 8.42 Å². The van der Waals surface area contributed by atoms with Gasteiger partial charge in [0.15, 0.2) is 11.5 Å². The van der Waals surface area contributed by atoms with Gasteiger partial charge in [0.05, 0.1) is 23.9 Å². The molecule has 1 aromatic carbocycles. The number of rotatable bonds is 8. The summed E-state index contributed by atoms with van der Waals surface area (Å²) in [5, 5.41) is 0. The normalized spacial score (nSPS) is 13.0. The third kappa shape index (κ3) is 6.33. The summed E-state index contributed by atoms with van der Waals surface area (Å²) < 4.78 is 33.5. The first-order valence-electron chi connectivity index (χ1n) is 6.21. The van der Waals surface area contributed by atoms with Gasteiger partial charge in [-0.05, 0) is 46.8 Å². The summed E-state index contributed by atoms with van der Waals surface area (Å²) in [7, 11) is 3.36. The van der Waals surface area contributed by atoms with Crippen LogP contribution in [0.1, 0.15) is 19.8 Å². The number of benzene rings is 1. The Bertz CT molecular complexity index is 533. The van der Waals surface area contributed by atoms with E-state index in [0.29, 0.717) is 24.5 Å². The maximum Gasteiger partial charge on any atom is 0.232 e. The zero-order valence-corrected chi connectivity index (χ0v) is 14.6. The maximum absolute atomic E-state index is 10.9. The molecule has 0 aromatic heterocycles. The highest BCUT2D eigenvalue weighted by Crippen LogP contribution is 2.35. The van der Waals surface area contributed by atoms with Crippen molar-refractivity contribution in [1.82, 2.24) is 0 Å². The zero-order chi connectivity index (χ0) is 15.2. The molecule has 0 aliphatic carbocycles. The van der Waals surface area contributed by atoms with E-state index in [1.54, 1.807) is 7.11 Å². The molecule has 0 radical (unpaired) electrons. The average Bonchev–Trinajstić information content (AvgIpc) is 2.37. The summed E-state index contributed by atoms with van der Waals surface area (Å²) in [4.78, 5) is 0. The fourth-order valence-corrected chi connectivity index (χ4v) is 3.05. The van der Waals surface area contributed by atoms with Gasteiger partial charge in [0.2, 0.25) is 9.05 Å². The van der Waals surface area contributed by atoms with Crippen LogP contribution in [0.5, 0.6) is 11.5 Å². The molecule has 1 aromatic rings. The highest BCUT2D eigenvalue weighted by Gasteiger charge is 2.12. The SMILES string of the molecule is COc1cccc(Br)c1OCCC(C)CCS(=O)(=O)Cl. The lowest BCUT2D eigenvalue weighted by atomic mass is 10.1. The molecule has 0 aliphatic heterocycles. The lowest BCUT2D eigenvalue weighted by Crippen LogP contribution is -2.09. The van der Waals surface area contributed by atoms with E-state index in [4.69, 9.17) is 20.2 Å². The van der Waals surface area contributed by atoms with Crippen LogP contribution in [0.25, 0.3) is 0 Å². The lowest BCUT2D eigenvalue weighted by molar-refractivity contribution is 0.265. The highest BCUT2D eigenvalue weighted by molar-refractivity contribution is 9.10. The highest BCUT2D eigenvalue weighted by atomic mass is 79.9. The van der Waals surface area contributed by atoms with Crippen molar-refractivity contribution in [3.05, 3.63) is 22.7 Å². The summed E-state index contributed by atoms with van der Waals surface area (Å²) in [5.74, 6) is 1.54. The molecule has 0 amide bonds. The standard InChI is InChI=1S/C13H18BrClO4S/c1-10(7-9-20(15,16)17)6-8-19-13-11(14)4-3-5-12(13)18-2/h3-5,10H,6-9H2,1-2H3. The first kappa shape index (κ1) is 17.6. The van der Waals surface area contributed by atoms with Gasteiger partial charge in [-0.15, -0.1) is 0 Å². The van der Waals surface area contributed by atoms with Gasteiger partial charge in [0, 0.05) is 10.7 Å². The van der Waals surface area contributed by atoms with Gasteiger partial charge < -0.3 is 9.47 Å². The smallest absolute Gasteiger partial charge is 0.232 e. The first-order chi connectivity index (χ1) is 9.33. The molecule has 7 heteroatoms. The average molecular weight is 386 g/mol. The Labute approximate surface area is 133 Å². The van der Waals surface area contributed by atoms with Crippen LogP contribution in [-0.4, -0.2) is 27.9 Å². The third-order valence-electron chi connectivity index (χ3n) is 2.86. The third-order valence-corrected chi connectivity index (χ3v) is 4.67. The Morgan fingerprint density at radius 3 is 2.65 bits per heavy atom. The number of ether oxygens (including phenoxy) is 2. The minimum atomic E-state index is -3.41. The lowest BCUT2D eigenvalue weighted by Gasteiger charge is -2.14. The second kappa shape index (κ2) is 8.10. The van der Waals surface area contributed by atoms with Gasteiger partial charge in [0.1, 0.15) is 0 Å². The van der Waals surface area contributed by atoms with E-state index >= 15 is 0 Å².